The van der Waals surface area contributed by atoms with E-state index < -0.39 is 8.32 Å². The molecular formula is C11H23IOSi. The molecule has 0 heterocycles. The molecule has 0 saturated carbocycles. The van der Waals surface area contributed by atoms with Crippen LogP contribution >= 0.6 is 22.6 Å². The quantitative estimate of drug-likeness (QED) is 0.538. The van der Waals surface area contributed by atoms with E-state index in [0.29, 0.717) is 0 Å². The summed E-state index contributed by atoms with van der Waals surface area (Å²) in [5.74, 6) is 0. The minimum atomic E-state index is -1.63. The van der Waals surface area contributed by atoms with E-state index >= 15 is 0 Å². The topological polar surface area (TPSA) is 9.23 Å². The minimum absolute atomic E-state index is 0.135. The largest absolute Gasteiger partial charge is 0.409 e. The Morgan fingerprint density at radius 3 is 1.79 bits per heavy atom. The van der Waals surface area contributed by atoms with Crippen LogP contribution in [0.1, 0.15) is 34.6 Å². The third kappa shape index (κ3) is 4.44. The van der Waals surface area contributed by atoms with E-state index in [9.17, 15) is 0 Å². The fourth-order valence-electron chi connectivity index (χ4n) is 0.996. The van der Waals surface area contributed by atoms with Crippen molar-refractivity contribution < 1.29 is 4.43 Å². The lowest BCUT2D eigenvalue weighted by molar-refractivity contribution is 0.142. The second-order valence-corrected chi connectivity index (χ2v) is 11.2. The summed E-state index contributed by atoms with van der Waals surface area (Å²) in [4.78, 5) is 0. The first-order valence-corrected chi connectivity index (χ1v) is 9.15. The van der Waals surface area contributed by atoms with Crippen LogP contribution in [0.15, 0.2) is 10.2 Å². The van der Waals surface area contributed by atoms with Crippen molar-refractivity contribution in [3.05, 3.63) is 10.2 Å². The molecule has 14 heavy (non-hydrogen) atoms. The highest BCUT2D eigenvalue weighted by atomic mass is 127. The van der Waals surface area contributed by atoms with Gasteiger partial charge >= 0.3 is 0 Å². The summed E-state index contributed by atoms with van der Waals surface area (Å²) in [6.45, 7) is 15.6. The maximum absolute atomic E-state index is 6.28. The fraction of sp³-hybridized carbons (Fsp3) is 0.818. The van der Waals surface area contributed by atoms with Crippen LogP contribution in [0.25, 0.3) is 0 Å². The highest BCUT2D eigenvalue weighted by Gasteiger charge is 2.40. The average Bonchev–Trinajstić information content (AvgIpc) is 1.80. The monoisotopic (exact) mass is 326 g/mol. The van der Waals surface area contributed by atoms with Gasteiger partial charge in [-0.1, -0.05) is 43.4 Å². The predicted octanol–water partition coefficient (Wildman–Crippen LogP) is 4.74. The maximum atomic E-state index is 6.28. The molecule has 0 fully saturated rings. The van der Waals surface area contributed by atoms with Crippen LogP contribution < -0.4 is 0 Å². The van der Waals surface area contributed by atoms with Crippen molar-refractivity contribution in [2.45, 2.75) is 58.4 Å². The van der Waals surface area contributed by atoms with Crippen LogP contribution in [0, 0.1) is 0 Å². The summed E-state index contributed by atoms with van der Waals surface area (Å²) in [5, 5.41) is 0.281. The highest BCUT2D eigenvalue weighted by Crippen LogP contribution is 2.39. The van der Waals surface area contributed by atoms with Gasteiger partial charge in [0.2, 0.25) is 0 Å². The number of hydrogen-bond donors (Lipinski definition) is 0. The first-order chi connectivity index (χ1) is 6.02. The molecule has 0 bridgehead atoms. The summed E-state index contributed by atoms with van der Waals surface area (Å²) in [7, 11) is -1.63. The van der Waals surface area contributed by atoms with Gasteiger partial charge in [0.1, 0.15) is 0 Å². The van der Waals surface area contributed by atoms with Crippen molar-refractivity contribution in [1.82, 2.24) is 0 Å². The Kier molecular flexibility index (Phi) is 4.87. The lowest BCUT2D eigenvalue weighted by Gasteiger charge is -2.41. The molecule has 0 N–H and O–H groups in total. The van der Waals surface area contributed by atoms with Gasteiger partial charge in [-0.05, 0) is 42.1 Å². The van der Waals surface area contributed by atoms with Crippen LogP contribution in [0.2, 0.25) is 18.1 Å². The zero-order valence-corrected chi connectivity index (χ0v) is 13.6. The van der Waals surface area contributed by atoms with Crippen LogP contribution in [0.4, 0.5) is 0 Å². The third-order valence-corrected chi connectivity index (χ3v) is 7.80. The molecule has 0 radical (unpaired) electrons. The molecule has 0 atom stereocenters. The maximum Gasteiger partial charge on any atom is 0.193 e. The number of rotatable bonds is 3. The molecule has 84 valence electrons. The van der Waals surface area contributed by atoms with Gasteiger partial charge in [-0.3, -0.25) is 0 Å². The van der Waals surface area contributed by atoms with E-state index in [4.69, 9.17) is 4.43 Å². The summed E-state index contributed by atoms with van der Waals surface area (Å²) in [6.07, 6.45) is 2.12. The molecule has 0 aromatic heterocycles. The van der Waals surface area contributed by atoms with Crippen LogP contribution in [-0.4, -0.2) is 13.9 Å². The minimum Gasteiger partial charge on any atom is -0.409 e. The van der Waals surface area contributed by atoms with Crippen LogP contribution in [0.3, 0.4) is 0 Å². The average molecular weight is 326 g/mol. The van der Waals surface area contributed by atoms with Gasteiger partial charge in [-0.2, -0.15) is 0 Å². The smallest absolute Gasteiger partial charge is 0.193 e. The first kappa shape index (κ1) is 14.6. The predicted molar refractivity (Wildman–Crippen MR) is 75.5 cm³/mol. The molecule has 3 heteroatoms. The second kappa shape index (κ2) is 4.66. The molecule has 1 nitrogen and oxygen atoms in total. The molecule has 0 unspecified atom stereocenters. The number of halogens is 1. The van der Waals surface area contributed by atoms with Crippen molar-refractivity contribution in [2.75, 3.05) is 0 Å². The Labute approximate surface area is 104 Å². The molecule has 0 aliphatic carbocycles. The first-order valence-electron chi connectivity index (χ1n) is 5.00. The van der Waals surface area contributed by atoms with Gasteiger partial charge in [-0.15, -0.1) is 0 Å². The molecule has 0 aliphatic rings. The van der Waals surface area contributed by atoms with Gasteiger partial charge in [0.15, 0.2) is 8.32 Å². The molecule has 0 aromatic carbocycles. The summed E-state index contributed by atoms with van der Waals surface area (Å²) in [6, 6.07) is 0. The Morgan fingerprint density at radius 1 is 1.07 bits per heavy atom. The molecule has 0 aromatic rings. The fourth-order valence-corrected chi connectivity index (χ4v) is 3.55. The van der Waals surface area contributed by atoms with E-state index in [1.54, 1.807) is 0 Å². The summed E-state index contributed by atoms with van der Waals surface area (Å²) >= 11 is 2.24. The summed E-state index contributed by atoms with van der Waals surface area (Å²) in [5.41, 5.74) is -0.135. The van der Waals surface area contributed by atoms with E-state index in [1.807, 2.05) is 4.08 Å². The Morgan fingerprint density at radius 2 is 1.50 bits per heavy atom. The van der Waals surface area contributed by atoms with Crippen molar-refractivity contribution in [2.24, 2.45) is 0 Å². The zero-order chi connectivity index (χ0) is 11.6. The molecule has 0 amide bonds. The van der Waals surface area contributed by atoms with Gasteiger partial charge in [0.25, 0.3) is 0 Å². The zero-order valence-electron chi connectivity index (χ0n) is 10.4. The van der Waals surface area contributed by atoms with Gasteiger partial charge < -0.3 is 4.43 Å². The van der Waals surface area contributed by atoms with Crippen molar-refractivity contribution in [1.29, 1.82) is 0 Å². The molecule has 0 aliphatic heterocycles. The Balaban J connectivity index is 4.67. The molecular weight excluding hydrogens is 303 g/mol. The van der Waals surface area contributed by atoms with Crippen molar-refractivity contribution in [3.8, 4) is 0 Å². The van der Waals surface area contributed by atoms with E-state index in [-0.39, 0.29) is 10.6 Å². The van der Waals surface area contributed by atoms with Crippen molar-refractivity contribution >= 4 is 30.9 Å². The van der Waals surface area contributed by atoms with E-state index in [2.05, 4.69) is 76.4 Å². The highest BCUT2D eigenvalue weighted by molar-refractivity contribution is 14.1. The van der Waals surface area contributed by atoms with Crippen LogP contribution in [-0.2, 0) is 4.43 Å². The van der Waals surface area contributed by atoms with Crippen LogP contribution in [0.5, 0.6) is 0 Å². The molecule has 0 saturated heterocycles. The molecule has 0 spiro atoms. The Bertz CT molecular complexity index is 214. The lowest BCUT2D eigenvalue weighted by atomic mass is 10.1. The van der Waals surface area contributed by atoms with Gasteiger partial charge in [-0.25, -0.2) is 0 Å². The van der Waals surface area contributed by atoms with Gasteiger partial charge in [0, 0.05) is 0 Å². The second-order valence-electron chi connectivity index (χ2n) is 5.76. The number of hydrogen-bond acceptors (Lipinski definition) is 1. The SMILES string of the molecule is CC(C)(C=CI)O[Si](C)(C)C(C)(C)C. The Hall–Kier alpha value is 0.647. The standard InChI is InChI=1S/C11H23IOSi/c1-10(2,3)14(6,7)13-11(4,5)8-9-12/h8-9H,1-7H3. The lowest BCUT2D eigenvalue weighted by Crippen LogP contribution is -2.46. The van der Waals surface area contributed by atoms with Crippen molar-refractivity contribution in [3.63, 3.8) is 0 Å². The van der Waals surface area contributed by atoms with E-state index in [1.165, 1.54) is 0 Å². The normalized spacial score (nSPS) is 15.1. The third-order valence-electron chi connectivity index (χ3n) is 2.79. The molecule has 0 rings (SSSR count). The summed E-state index contributed by atoms with van der Waals surface area (Å²) < 4.78 is 8.31. The van der Waals surface area contributed by atoms with E-state index in [0.717, 1.165) is 0 Å². The van der Waals surface area contributed by atoms with Gasteiger partial charge in [0.05, 0.1) is 5.60 Å².